The largest absolute Gasteiger partial charge is 0.481 e. The van der Waals surface area contributed by atoms with E-state index >= 15 is 0 Å². The van der Waals surface area contributed by atoms with E-state index in [1.54, 1.807) is 0 Å². The van der Waals surface area contributed by atoms with Crippen LogP contribution in [0, 0.1) is 0 Å². The van der Waals surface area contributed by atoms with Crippen LogP contribution in [-0.4, -0.2) is 56.0 Å². The van der Waals surface area contributed by atoms with E-state index in [2.05, 4.69) is 22.8 Å². The molecule has 2 aromatic rings. The molecular formula is C23H26N2O6. The van der Waals surface area contributed by atoms with E-state index in [0.29, 0.717) is 6.42 Å². The second kappa shape index (κ2) is 10.6. The number of nitrogens with one attached hydrogen (secondary N) is 2. The number of amides is 2. The number of hydrogen-bond donors (Lipinski definition) is 3. The van der Waals surface area contributed by atoms with Gasteiger partial charge in [0, 0.05) is 26.0 Å². The molecule has 0 spiro atoms. The number of alkyl carbamates (subject to hydrolysis) is 1. The minimum atomic E-state index is -0.922. The molecule has 3 N–H and O–H groups in total. The molecule has 164 valence electrons. The van der Waals surface area contributed by atoms with Gasteiger partial charge in [0.1, 0.15) is 6.61 Å². The number of rotatable bonds is 10. The molecule has 0 aliphatic heterocycles. The van der Waals surface area contributed by atoms with Crippen molar-refractivity contribution in [2.75, 3.05) is 26.8 Å². The van der Waals surface area contributed by atoms with Crippen molar-refractivity contribution < 1.29 is 29.0 Å². The Morgan fingerprint density at radius 3 is 2.19 bits per heavy atom. The highest BCUT2D eigenvalue weighted by molar-refractivity contribution is 5.82. The van der Waals surface area contributed by atoms with Crippen LogP contribution in [0.5, 0.6) is 0 Å². The molecule has 1 aliphatic rings. The fourth-order valence-corrected chi connectivity index (χ4v) is 3.67. The molecule has 0 saturated carbocycles. The molecule has 0 aromatic heterocycles. The molecule has 0 fully saturated rings. The van der Waals surface area contributed by atoms with Crippen LogP contribution in [0.25, 0.3) is 11.1 Å². The predicted molar refractivity (Wildman–Crippen MR) is 114 cm³/mol. The first-order valence-corrected chi connectivity index (χ1v) is 10.1. The van der Waals surface area contributed by atoms with Gasteiger partial charge in [-0.05, 0) is 28.7 Å². The average molecular weight is 426 g/mol. The number of methoxy groups -OCH3 is 1. The Morgan fingerprint density at radius 1 is 1.00 bits per heavy atom. The van der Waals surface area contributed by atoms with E-state index in [0.717, 1.165) is 22.3 Å². The minimum absolute atomic E-state index is 0.0318. The number of carboxylic acids is 1. The number of carbonyl (C=O) groups excluding carboxylic acids is 2. The molecule has 1 aliphatic carbocycles. The Morgan fingerprint density at radius 2 is 1.61 bits per heavy atom. The summed E-state index contributed by atoms with van der Waals surface area (Å²) in [6.07, 6.45) is -1.25. The Kier molecular flexibility index (Phi) is 7.61. The average Bonchev–Trinajstić information content (AvgIpc) is 3.09. The molecule has 2 aromatic carbocycles. The summed E-state index contributed by atoms with van der Waals surface area (Å²) in [6.45, 7) is 0.340. The van der Waals surface area contributed by atoms with Crippen molar-refractivity contribution in [3.8, 4) is 11.1 Å². The summed E-state index contributed by atoms with van der Waals surface area (Å²) in [6, 6.07) is 16.1. The Balaban J connectivity index is 1.49. The second-order valence-corrected chi connectivity index (χ2v) is 7.22. The van der Waals surface area contributed by atoms with Gasteiger partial charge in [-0.1, -0.05) is 48.5 Å². The van der Waals surface area contributed by atoms with Crippen molar-refractivity contribution >= 4 is 18.0 Å². The predicted octanol–water partition coefficient (Wildman–Crippen LogP) is 2.52. The Labute approximate surface area is 180 Å². The highest BCUT2D eigenvalue weighted by Crippen LogP contribution is 2.44. The lowest BCUT2D eigenvalue weighted by molar-refractivity contribution is -0.137. The standard InChI is InChI=1S/C23H26N2O6/c1-30-20(22(28)24-12-6-11-21(26)27)13-25-23(29)31-14-19-17-9-4-2-7-15(17)16-8-3-5-10-18(16)19/h2-5,7-10,19-20H,6,11-14H2,1H3,(H,24,28)(H,25,29)(H,26,27). The fourth-order valence-electron chi connectivity index (χ4n) is 3.67. The normalized spacial score (nSPS) is 13.1. The summed E-state index contributed by atoms with van der Waals surface area (Å²) < 4.78 is 10.5. The summed E-state index contributed by atoms with van der Waals surface area (Å²) in [5, 5.41) is 13.8. The minimum Gasteiger partial charge on any atom is -0.481 e. The Hall–Kier alpha value is -3.39. The van der Waals surface area contributed by atoms with Crippen molar-refractivity contribution in [1.29, 1.82) is 0 Å². The monoisotopic (exact) mass is 426 g/mol. The van der Waals surface area contributed by atoms with Crippen LogP contribution in [-0.2, 0) is 19.1 Å². The maximum Gasteiger partial charge on any atom is 0.407 e. The van der Waals surface area contributed by atoms with Crippen molar-refractivity contribution in [3.63, 3.8) is 0 Å². The van der Waals surface area contributed by atoms with E-state index < -0.39 is 24.1 Å². The number of benzene rings is 2. The molecular weight excluding hydrogens is 400 g/mol. The topological polar surface area (TPSA) is 114 Å². The molecule has 3 rings (SSSR count). The highest BCUT2D eigenvalue weighted by Gasteiger charge is 2.29. The van der Waals surface area contributed by atoms with E-state index in [9.17, 15) is 14.4 Å². The van der Waals surface area contributed by atoms with Crippen LogP contribution < -0.4 is 10.6 Å². The van der Waals surface area contributed by atoms with Gasteiger partial charge in [0.05, 0.1) is 6.54 Å². The van der Waals surface area contributed by atoms with Gasteiger partial charge < -0.3 is 25.2 Å². The van der Waals surface area contributed by atoms with Gasteiger partial charge in [-0.2, -0.15) is 0 Å². The number of ether oxygens (including phenoxy) is 2. The van der Waals surface area contributed by atoms with E-state index in [1.165, 1.54) is 7.11 Å². The number of hydrogen-bond acceptors (Lipinski definition) is 5. The smallest absolute Gasteiger partial charge is 0.407 e. The molecule has 0 heterocycles. The van der Waals surface area contributed by atoms with E-state index in [1.807, 2.05) is 36.4 Å². The fraction of sp³-hybridized carbons (Fsp3) is 0.348. The maximum absolute atomic E-state index is 12.2. The third-order valence-corrected chi connectivity index (χ3v) is 5.22. The maximum atomic E-state index is 12.2. The first-order valence-electron chi connectivity index (χ1n) is 10.1. The molecule has 0 bridgehead atoms. The molecule has 31 heavy (non-hydrogen) atoms. The number of fused-ring (bicyclic) bond motifs is 3. The molecule has 8 heteroatoms. The van der Waals surface area contributed by atoms with E-state index in [4.69, 9.17) is 14.6 Å². The lowest BCUT2D eigenvalue weighted by atomic mass is 9.98. The lowest BCUT2D eigenvalue weighted by Gasteiger charge is -2.17. The molecule has 1 unspecified atom stereocenters. The van der Waals surface area contributed by atoms with Gasteiger partial charge in [-0.3, -0.25) is 9.59 Å². The van der Waals surface area contributed by atoms with Gasteiger partial charge in [-0.15, -0.1) is 0 Å². The zero-order valence-corrected chi connectivity index (χ0v) is 17.3. The molecule has 0 saturated heterocycles. The summed E-state index contributed by atoms with van der Waals surface area (Å²) in [5.74, 6) is -1.39. The SMILES string of the molecule is COC(CNC(=O)OCC1c2ccccc2-c2ccccc21)C(=O)NCCCC(=O)O. The van der Waals surface area contributed by atoms with Crippen molar-refractivity contribution in [1.82, 2.24) is 10.6 Å². The van der Waals surface area contributed by atoms with Crippen LogP contribution in [0.4, 0.5) is 4.79 Å². The number of carboxylic acid groups (broad SMARTS) is 1. The molecule has 2 amide bonds. The van der Waals surface area contributed by atoms with Gasteiger partial charge >= 0.3 is 12.1 Å². The van der Waals surface area contributed by atoms with Gasteiger partial charge in [0.25, 0.3) is 5.91 Å². The van der Waals surface area contributed by atoms with Crippen LogP contribution in [0.3, 0.4) is 0 Å². The zero-order chi connectivity index (χ0) is 22.2. The number of carbonyl (C=O) groups is 3. The summed E-state index contributed by atoms with van der Waals surface area (Å²) in [5.41, 5.74) is 4.52. The lowest BCUT2D eigenvalue weighted by Crippen LogP contribution is -2.44. The molecule has 8 nitrogen and oxygen atoms in total. The summed E-state index contributed by atoms with van der Waals surface area (Å²) in [4.78, 5) is 34.8. The van der Waals surface area contributed by atoms with Crippen LogP contribution in [0.2, 0.25) is 0 Å². The van der Waals surface area contributed by atoms with Gasteiger partial charge in [0.15, 0.2) is 6.10 Å². The third kappa shape index (κ3) is 5.61. The van der Waals surface area contributed by atoms with Crippen molar-refractivity contribution in [3.05, 3.63) is 59.7 Å². The van der Waals surface area contributed by atoms with Gasteiger partial charge in [0.2, 0.25) is 0 Å². The zero-order valence-electron chi connectivity index (χ0n) is 17.3. The molecule has 1 atom stereocenters. The van der Waals surface area contributed by atoms with Crippen molar-refractivity contribution in [2.45, 2.75) is 24.9 Å². The van der Waals surface area contributed by atoms with E-state index in [-0.39, 0.29) is 32.0 Å². The summed E-state index contributed by atoms with van der Waals surface area (Å²) >= 11 is 0. The van der Waals surface area contributed by atoms with Crippen LogP contribution in [0.15, 0.2) is 48.5 Å². The first kappa shape index (κ1) is 22.3. The highest BCUT2D eigenvalue weighted by atomic mass is 16.5. The van der Waals surface area contributed by atoms with Gasteiger partial charge in [-0.25, -0.2) is 4.79 Å². The van der Waals surface area contributed by atoms with Crippen LogP contribution >= 0.6 is 0 Å². The third-order valence-electron chi connectivity index (χ3n) is 5.22. The van der Waals surface area contributed by atoms with Crippen LogP contribution in [0.1, 0.15) is 29.9 Å². The quantitative estimate of drug-likeness (QED) is 0.503. The summed E-state index contributed by atoms with van der Waals surface area (Å²) in [7, 11) is 1.36. The Bertz CT molecular complexity index is 900. The molecule has 0 radical (unpaired) electrons. The first-order chi connectivity index (χ1) is 15.0. The number of aliphatic carboxylic acids is 1. The second-order valence-electron chi connectivity index (χ2n) is 7.22. The van der Waals surface area contributed by atoms with Crippen molar-refractivity contribution in [2.24, 2.45) is 0 Å².